The van der Waals surface area contributed by atoms with Crippen LogP contribution in [-0.4, -0.2) is 25.9 Å². The second kappa shape index (κ2) is 8.22. The zero-order valence-corrected chi connectivity index (χ0v) is 16.5. The Bertz CT molecular complexity index is 1070. The van der Waals surface area contributed by atoms with Crippen LogP contribution in [0.25, 0.3) is 0 Å². The molecule has 2 aromatic carbocycles. The van der Waals surface area contributed by atoms with Crippen LogP contribution in [0.2, 0.25) is 0 Å². The topological polar surface area (TPSA) is 79.4 Å². The molecule has 0 radical (unpaired) electrons. The largest absolute Gasteiger partial charge is 0.323 e. The molecule has 0 saturated carbocycles. The first-order valence-electron chi connectivity index (χ1n) is 8.72. The van der Waals surface area contributed by atoms with Crippen LogP contribution in [0.4, 0.5) is 11.4 Å². The number of aromatic nitrogens is 1. The molecule has 0 unspecified atom stereocenters. The summed E-state index contributed by atoms with van der Waals surface area (Å²) in [6.07, 6.45) is 3.10. The Morgan fingerprint density at radius 2 is 1.75 bits per heavy atom. The molecule has 0 aliphatic rings. The quantitative estimate of drug-likeness (QED) is 0.692. The normalized spacial score (nSPS) is 11.1. The molecule has 1 amide bonds. The van der Waals surface area contributed by atoms with Crippen molar-refractivity contribution in [2.75, 3.05) is 16.2 Å². The van der Waals surface area contributed by atoms with Gasteiger partial charge in [-0.1, -0.05) is 29.8 Å². The van der Waals surface area contributed by atoms with Crippen molar-refractivity contribution >= 4 is 27.3 Å². The fourth-order valence-corrected chi connectivity index (χ4v) is 4.12. The minimum atomic E-state index is -3.92. The van der Waals surface area contributed by atoms with Gasteiger partial charge in [0.25, 0.3) is 10.0 Å². The van der Waals surface area contributed by atoms with Crippen molar-refractivity contribution in [1.82, 2.24) is 4.98 Å². The standard InChI is InChI=1S/C21H21N3O3S/c1-16-8-10-20(11-9-16)28(26,27)24(19-7-3-5-17(2)13-19)15-21(25)23-18-6-4-12-22-14-18/h3-14H,15H2,1-2H3,(H,23,25). The average molecular weight is 395 g/mol. The second-order valence-corrected chi connectivity index (χ2v) is 8.32. The Morgan fingerprint density at radius 3 is 2.39 bits per heavy atom. The van der Waals surface area contributed by atoms with Gasteiger partial charge in [0.1, 0.15) is 6.54 Å². The molecule has 0 atom stereocenters. The molecule has 1 heterocycles. The monoisotopic (exact) mass is 395 g/mol. The van der Waals surface area contributed by atoms with Crippen LogP contribution in [0.3, 0.4) is 0 Å². The summed E-state index contributed by atoms with van der Waals surface area (Å²) in [7, 11) is -3.92. The van der Waals surface area contributed by atoms with Crippen molar-refractivity contribution in [3.05, 3.63) is 84.2 Å². The van der Waals surface area contributed by atoms with Crippen LogP contribution in [0.5, 0.6) is 0 Å². The van der Waals surface area contributed by atoms with Gasteiger partial charge in [-0.3, -0.25) is 14.1 Å². The van der Waals surface area contributed by atoms with Crippen LogP contribution < -0.4 is 9.62 Å². The van der Waals surface area contributed by atoms with Gasteiger partial charge in [0.2, 0.25) is 5.91 Å². The Balaban J connectivity index is 1.95. The van der Waals surface area contributed by atoms with E-state index in [1.807, 2.05) is 19.9 Å². The number of anilines is 2. The summed E-state index contributed by atoms with van der Waals surface area (Å²) in [4.78, 5) is 16.6. The fraction of sp³-hybridized carbons (Fsp3) is 0.143. The highest BCUT2D eigenvalue weighted by Gasteiger charge is 2.27. The van der Waals surface area contributed by atoms with E-state index in [1.54, 1.807) is 60.8 Å². The maximum atomic E-state index is 13.3. The van der Waals surface area contributed by atoms with E-state index < -0.39 is 15.9 Å². The summed E-state index contributed by atoms with van der Waals surface area (Å²) in [6, 6.07) is 17.0. The van der Waals surface area contributed by atoms with E-state index in [9.17, 15) is 13.2 Å². The lowest BCUT2D eigenvalue weighted by Gasteiger charge is -2.24. The molecule has 28 heavy (non-hydrogen) atoms. The molecule has 144 valence electrons. The van der Waals surface area contributed by atoms with Crippen LogP contribution in [0, 0.1) is 13.8 Å². The van der Waals surface area contributed by atoms with Gasteiger partial charge in [-0.15, -0.1) is 0 Å². The third-order valence-electron chi connectivity index (χ3n) is 4.13. The zero-order valence-electron chi connectivity index (χ0n) is 15.7. The second-order valence-electron chi connectivity index (χ2n) is 6.45. The zero-order chi connectivity index (χ0) is 20.1. The molecule has 3 aromatic rings. The highest BCUT2D eigenvalue weighted by Crippen LogP contribution is 2.25. The van der Waals surface area contributed by atoms with Gasteiger partial charge in [0, 0.05) is 6.20 Å². The maximum absolute atomic E-state index is 13.3. The first-order chi connectivity index (χ1) is 13.4. The molecule has 1 N–H and O–H groups in total. The number of amides is 1. The molecule has 0 saturated heterocycles. The van der Waals surface area contributed by atoms with E-state index in [4.69, 9.17) is 0 Å². The number of sulfonamides is 1. The lowest BCUT2D eigenvalue weighted by molar-refractivity contribution is -0.114. The Hall–Kier alpha value is -3.19. The number of nitrogens with zero attached hydrogens (tertiary/aromatic N) is 2. The van der Waals surface area contributed by atoms with Gasteiger partial charge in [-0.05, 0) is 55.8 Å². The van der Waals surface area contributed by atoms with Crippen LogP contribution in [-0.2, 0) is 14.8 Å². The predicted molar refractivity (Wildman–Crippen MR) is 110 cm³/mol. The molecule has 0 spiro atoms. The summed E-state index contributed by atoms with van der Waals surface area (Å²) in [5, 5.41) is 2.68. The Kier molecular flexibility index (Phi) is 5.75. The lowest BCUT2D eigenvalue weighted by atomic mass is 10.2. The number of nitrogens with one attached hydrogen (secondary N) is 1. The summed E-state index contributed by atoms with van der Waals surface area (Å²) in [6.45, 7) is 3.40. The summed E-state index contributed by atoms with van der Waals surface area (Å²) >= 11 is 0. The molecule has 3 rings (SSSR count). The van der Waals surface area contributed by atoms with Crippen molar-refractivity contribution < 1.29 is 13.2 Å². The Morgan fingerprint density at radius 1 is 1.00 bits per heavy atom. The molecule has 0 fully saturated rings. The summed E-state index contributed by atoms with van der Waals surface area (Å²) < 4.78 is 27.7. The number of aryl methyl sites for hydroxylation is 2. The van der Waals surface area contributed by atoms with Crippen molar-refractivity contribution in [1.29, 1.82) is 0 Å². The van der Waals surface area contributed by atoms with E-state index in [-0.39, 0.29) is 11.4 Å². The first-order valence-corrected chi connectivity index (χ1v) is 10.2. The third-order valence-corrected chi connectivity index (χ3v) is 5.92. The molecular weight excluding hydrogens is 374 g/mol. The molecule has 0 bridgehead atoms. The average Bonchev–Trinajstić information content (AvgIpc) is 2.67. The van der Waals surface area contributed by atoms with E-state index >= 15 is 0 Å². The van der Waals surface area contributed by atoms with E-state index in [2.05, 4.69) is 10.3 Å². The molecular formula is C21H21N3O3S. The van der Waals surface area contributed by atoms with E-state index in [0.717, 1.165) is 15.4 Å². The molecule has 0 aliphatic carbocycles. The van der Waals surface area contributed by atoms with Crippen molar-refractivity contribution in [2.45, 2.75) is 18.7 Å². The summed E-state index contributed by atoms with van der Waals surface area (Å²) in [5.41, 5.74) is 2.79. The van der Waals surface area contributed by atoms with Gasteiger partial charge in [0.15, 0.2) is 0 Å². The Labute approximate surface area is 164 Å². The number of hydrogen-bond donors (Lipinski definition) is 1. The van der Waals surface area contributed by atoms with Gasteiger partial charge in [-0.25, -0.2) is 8.42 Å². The van der Waals surface area contributed by atoms with Crippen LogP contribution in [0.1, 0.15) is 11.1 Å². The molecule has 7 heteroatoms. The SMILES string of the molecule is Cc1ccc(S(=O)(=O)N(CC(=O)Nc2cccnc2)c2cccc(C)c2)cc1. The number of hydrogen-bond acceptors (Lipinski definition) is 4. The number of carbonyl (C=O) groups is 1. The smallest absolute Gasteiger partial charge is 0.264 e. The van der Waals surface area contributed by atoms with E-state index in [0.29, 0.717) is 11.4 Å². The van der Waals surface area contributed by atoms with Crippen LogP contribution in [0.15, 0.2) is 78.0 Å². The van der Waals surface area contributed by atoms with Gasteiger partial charge in [-0.2, -0.15) is 0 Å². The first kappa shape index (κ1) is 19.6. The highest BCUT2D eigenvalue weighted by molar-refractivity contribution is 7.92. The third kappa shape index (κ3) is 4.55. The minimum absolute atomic E-state index is 0.133. The van der Waals surface area contributed by atoms with Gasteiger partial charge in [0.05, 0.1) is 22.5 Å². The minimum Gasteiger partial charge on any atom is -0.323 e. The number of carbonyl (C=O) groups excluding carboxylic acids is 1. The van der Waals surface area contributed by atoms with Crippen molar-refractivity contribution in [3.8, 4) is 0 Å². The fourth-order valence-electron chi connectivity index (χ4n) is 2.70. The van der Waals surface area contributed by atoms with Crippen molar-refractivity contribution in [3.63, 3.8) is 0 Å². The molecule has 1 aromatic heterocycles. The van der Waals surface area contributed by atoms with Gasteiger partial charge < -0.3 is 5.32 Å². The highest BCUT2D eigenvalue weighted by atomic mass is 32.2. The lowest BCUT2D eigenvalue weighted by Crippen LogP contribution is -2.38. The molecule has 0 aliphatic heterocycles. The number of benzene rings is 2. The predicted octanol–water partition coefficient (Wildman–Crippen LogP) is 3.53. The summed E-state index contributed by atoms with van der Waals surface area (Å²) in [5.74, 6) is -0.454. The molecule has 6 nitrogen and oxygen atoms in total. The van der Waals surface area contributed by atoms with Crippen molar-refractivity contribution in [2.24, 2.45) is 0 Å². The van der Waals surface area contributed by atoms with E-state index in [1.165, 1.54) is 6.20 Å². The van der Waals surface area contributed by atoms with Gasteiger partial charge >= 0.3 is 0 Å². The maximum Gasteiger partial charge on any atom is 0.264 e. The number of pyridine rings is 1. The number of rotatable bonds is 6. The van der Waals surface area contributed by atoms with Crippen LogP contribution >= 0.6 is 0 Å².